The van der Waals surface area contributed by atoms with Crippen LogP contribution in [0.4, 0.5) is 5.69 Å². The second-order valence-electron chi connectivity index (χ2n) is 6.63. The molecule has 1 saturated heterocycles. The van der Waals surface area contributed by atoms with Crippen LogP contribution in [0.3, 0.4) is 0 Å². The van der Waals surface area contributed by atoms with Gasteiger partial charge in [-0.1, -0.05) is 6.07 Å². The van der Waals surface area contributed by atoms with Crippen LogP contribution in [-0.2, 0) is 21.4 Å². The summed E-state index contributed by atoms with van der Waals surface area (Å²) in [6.07, 6.45) is 3.93. The Morgan fingerprint density at radius 3 is 2.58 bits per heavy atom. The zero-order valence-corrected chi connectivity index (χ0v) is 14.4. The summed E-state index contributed by atoms with van der Waals surface area (Å²) in [5.41, 5.74) is 8.94. The average Bonchev–Trinajstić information content (AvgIpc) is 2.54. The van der Waals surface area contributed by atoms with Crippen molar-refractivity contribution >= 4 is 21.8 Å². The number of hydrogen-bond donors (Lipinski definition) is 3. The van der Waals surface area contributed by atoms with Gasteiger partial charge < -0.3 is 11.1 Å². The zero-order chi connectivity index (χ0) is 17.3. The molecule has 1 aromatic rings. The number of nitrogens with zero attached hydrogens (tertiary/aromatic N) is 1. The fourth-order valence-corrected chi connectivity index (χ4v) is 4.37. The van der Waals surface area contributed by atoms with E-state index in [1.807, 2.05) is 18.2 Å². The summed E-state index contributed by atoms with van der Waals surface area (Å²) in [5.74, 6) is -0.166. The first kappa shape index (κ1) is 17.2. The van der Waals surface area contributed by atoms with Gasteiger partial charge in [-0.15, -0.1) is 0 Å². The summed E-state index contributed by atoms with van der Waals surface area (Å²) in [6.45, 7) is 0.601. The quantitative estimate of drug-likeness (QED) is 0.693. The van der Waals surface area contributed by atoms with E-state index in [0.29, 0.717) is 25.9 Å². The van der Waals surface area contributed by atoms with Crippen LogP contribution in [0.5, 0.6) is 0 Å². The second kappa shape index (κ2) is 6.70. The Kier molecular flexibility index (Phi) is 4.80. The maximum atomic E-state index is 12.6. The zero-order valence-electron chi connectivity index (χ0n) is 13.6. The van der Waals surface area contributed by atoms with Crippen molar-refractivity contribution in [3.63, 3.8) is 0 Å². The lowest BCUT2D eigenvalue weighted by atomic mass is 9.86. The number of aryl methyl sites for hydroxylation is 1. The van der Waals surface area contributed by atoms with E-state index in [1.54, 1.807) is 0 Å². The Morgan fingerprint density at radius 1 is 1.21 bits per heavy atom. The van der Waals surface area contributed by atoms with Gasteiger partial charge >= 0.3 is 0 Å². The normalized spacial score (nSPS) is 22.8. The Balaban J connectivity index is 1.63. The molecule has 7 nitrogen and oxygen atoms in total. The lowest BCUT2D eigenvalue weighted by Gasteiger charge is -2.32. The van der Waals surface area contributed by atoms with E-state index in [1.165, 1.54) is 9.87 Å². The maximum absolute atomic E-state index is 12.6. The molecule has 1 amide bonds. The minimum absolute atomic E-state index is 0.00116. The monoisotopic (exact) mass is 352 g/mol. The third kappa shape index (κ3) is 3.71. The minimum atomic E-state index is -3.66. The van der Waals surface area contributed by atoms with Crippen LogP contribution in [0.1, 0.15) is 42.9 Å². The highest BCUT2D eigenvalue weighted by atomic mass is 32.2. The number of benzene rings is 1. The van der Waals surface area contributed by atoms with Gasteiger partial charge in [-0.2, -0.15) is 12.7 Å². The lowest BCUT2D eigenvalue weighted by molar-refractivity contribution is -0.127. The first-order valence-electron chi connectivity index (χ1n) is 8.31. The maximum Gasteiger partial charge on any atom is 0.276 e. The number of amides is 1. The largest absolute Gasteiger partial charge is 0.399 e. The molecule has 3 rings (SSSR count). The van der Waals surface area contributed by atoms with Crippen LogP contribution in [-0.4, -0.2) is 31.7 Å². The number of piperidine rings is 1. The van der Waals surface area contributed by atoms with Crippen LogP contribution in [0.15, 0.2) is 18.2 Å². The van der Waals surface area contributed by atoms with E-state index in [2.05, 4.69) is 5.32 Å². The summed E-state index contributed by atoms with van der Waals surface area (Å²) in [5, 5.41) is 8.27. The molecule has 1 heterocycles. The van der Waals surface area contributed by atoms with E-state index in [0.717, 1.165) is 30.5 Å². The first-order valence-corrected chi connectivity index (χ1v) is 9.81. The van der Waals surface area contributed by atoms with E-state index in [9.17, 15) is 13.2 Å². The molecule has 1 aliphatic carbocycles. The molecular weight excluding hydrogens is 328 g/mol. The van der Waals surface area contributed by atoms with Gasteiger partial charge in [0.2, 0.25) is 5.91 Å². The van der Waals surface area contributed by atoms with Crippen molar-refractivity contribution < 1.29 is 13.2 Å². The summed E-state index contributed by atoms with van der Waals surface area (Å²) in [7, 11) is -3.66. The van der Waals surface area contributed by atoms with E-state index >= 15 is 0 Å². The predicted octanol–water partition coefficient (Wildman–Crippen LogP) is 0.678. The number of nitrogen functional groups attached to an aromatic ring is 1. The molecular formula is C16H24N4O3S. The van der Waals surface area contributed by atoms with Gasteiger partial charge in [-0.05, 0) is 55.4 Å². The Hall–Kier alpha value is -1.64. The van der Waals surface area contributed by atoms with Gasteiger partial charge in [0.15, 0.2) is 0 Å². The topological polar surface area (TPSA) is 119 Å². The predicted molar refractivity (Wildman–Crippen MR) is 92.1 cm³/mol. The molecule has 1 atom stereocenters. The van der Waals surface area contributed by atoms with Gasteiger partial charge in [0.25, 0.3) is 10.2 Å². The molecule has 132 valence electrons. The Bertz CT molecular complexity index is 727. The SMILES string of the molecule is Nc1ccc2c(c1)CCCC2NC(=O)C1CCN(S(N)(=O)=O)CC1. The fraction of sp³-hybridized carbons (Fsp3) is 0.562. The minimum Gasteiger partial charge on any atom is -0.399 e. The number of nitrogens with two attached hydrogens (primary N) is 2. The molecule has 0 saturated carbocycles. The molecule has 1 unspecified atom stereocenters. The standard InChI is InChI=1S/C16H24N4O3S/c17-13-4-5-14-12(10-13)2-1-3-15(14)19-16(21)11-6-8-20(9-7-11)24(18,22)23/h4-5,10-11,15H,1-3,6-9,17H2,(H,19,21)(H2,18,22,23). The molecule has 2 aliphatic rings. The number of carbonyl (C=O) groups excluding carboxylic acids is 1. The van der Waals surface area contributed by atoms with Crippen LogP contribution in [0.25, 0.3) is 0 Å². The Labute approximate surface area is 142 Å². The highest BCUT2D eigenvalue weighted by Crippen LogP contribution is 2.31. The van der Waals surface area contributed by atoms with Crippen molar-refractivity contribution in [2.45, 2.75) is 38.1 Å². The molecule has 0 radical (unpaired) electrons. The number of nitrogens with one attached hydrogen (secondary N) is 1. The summed E-state index contributed by atoms with van der Waals surface area (Å²) < 4.78 is 23.9. The molecule has 0 spiro atoms. The van der Waals surface area contributed by atoms with Crippen molar-refractivity contribution in [1.29, 1.82) is 0 Å². The van der Waals surface area contributed by atoms with Gasteiger partial charge in [-0.3, -0.25) is 4.79 Å². The van der Waals surface area contributed by atoms with Gasteiger partial charge in [0.1, 0.15) is 0 Å². The van der Waals surface area contributed by atoms with E-state index in [-0.39, 0.29) is 17.9 Å². The number of rotatable bonds is 3. The number of carbonyl (C=O) groups is 1. The average molecular weight is 352 g/mol. The molecule has 1 aromatic carbocycles. The van der Waals surface area contributed by atoms with E-state index in [4.69, 9.17) is 10.9 Å². The third-order valence-electron chi connectivity index (χ3n) is 4.98. The highest BCUT2D eigenvalue weighted by molar-refractivity contribution is 7.86. The van der Waals surface area contributed by atoms with E-state index < -0.39 is 10.2 Å². The van der Waals surface area contributed by atoms with Crippen LogP contribution in [0.2, 0.25) is 0 Å². The van der Waals surface area contributed by atoms with Crippen LogP contribution in [0, 0.1) is 5.92 Å². The summed E-state index contributed by atoms with van der Waals surface area (Å²) in [4.78, 5) is 12.6. The first-order chi connectivity index (χ1) is 11.3. The van der Waals surface area contributed by atoms with Crippen molar-refractivity contribution in [3.8, 4) is 0 Å². The second-order valence-corrected chi connectivity index (χ2v) is 8.18. The molecule has 5 N–H and O–H groups in total. The van der Waals surface area contributed by atoms with Crippen LogP contribution >= 0.6 is 0 Å². The van der Waals surface area contributed by atoms with Crippen molar-refractivity contribution in [2.75, 3.05) is 18.8 Å². The lowest BCUT2D eigenvalue weighted by Crippen LogP contribution is -2.46. The smallest absolute Gasteiger partial charge is 0.276 e. The summed E-state index contributed by atoms with van der Waals surface area (Å²) >= 11 is 0. The molecule has 1 aliphatic heterocycles. The molecule has 8 heteroatoms. The summed E-state index contributed by atoms with van der Waals surface area (Å²) in [6, 6.07) is 5.86. The number of hydrogen-bond acceptors (Lipinski definition) is 4. The van der Waals surface area contributed by atoms with Crippen molar-refractivity contribution in [3.05, 3.63) is 29.3 Å². The number of fused-ring (bicyclic) bond motifs is 1. The molecule has 0 bridgehead atoms. The van der Waals surface area contributed by atoms with Crippen molar-refractivity contribution in [2.24, 2.45) is 11.1 Å². The number of anilines is 1. The Morgan fingerprint density at radius 2 is 1.92 bits per heavy atom. The van der Waals surface area contributed by atoms with Gasteiger partial charge in [-0.25, -0.2) is 5.14 Å². The van der Waals surface area contributed by atoms with Crippen LogP contribution < -0.4 is 16.2 Å². The molecule has 0 aromatic heterocycles. The van der Waals surface area contributed by atoms with Gasteiger partial charge in [0, 0.05) is 24.7 Å². The third-order valence-corrected chi connectivity index (χ3v) is 6.07. The van der Waals surface area contributed by atoms with Crippen molar-refractivity contribution in [1.82, 2.24) is 9.62 Å². The molecule has 1 fully saturated rings. The van der Waals surface area contributed by atoms with Gasteiger partial charge in [0.05, 0.1) is 6.04 Å². The highest BCUT2D eigenvalue weighted by Gasteiger charge is 2.31. The fourth-order valence-electron chi connectivity index (χ4n) is 3.65. The molecule has 24 heavy (non-hydrogen) atoms.